The third kappa shape index (κ3) is 35.0. The average Bonchev–Trinajstić information content (AvgIpc) is 3.92. The molecule has 0 radical (unpaired) electrons. The second-order valence-corrected chi connectivity index (χ2v) is 15.6. The molecule has 0 spiro atoms. The standard InChI is InChI=1S/C14H26N.C13H26N2OP.2C5H10.2C2H6.2Fe.W/c1-2-15(11-13-7-3-4-8-13)12-14-9-5-6-10-14;1-6-10-16-17(11-8-7-9-14)15(12(2)3)13(4)5;2*1-2-4-5-3-1;2*1-2;;;/h13-14H,1-12H2;12-13H,1,6-8,10-11H2,2-5H3;2*1-5H2;2*1-2H3;;;/q2*-1;;;;;;;+2. The molecular formula is C41H84Fe2N3OPW. The first kappa shape index (κ1) is 59.8. The van der Waals surface area contributed by atoms with Crippen molar-refractivity contribution < 1.29 is 59.7 Å². The zero-order valence-electron chi connectivity index (χ0n) is 33.9. The Morgan fingerprint density at radius 2 is 1.02 bits per heavy atom. The molecule has 8 heteroatoms. The van der Waals surface area contributed by atoms with Crippen LogP contribution in [0.15, 0.2) is 0 Å². The van der Waals surface area contributed by atoms with E-state index in [4.69, 9.17) is 9.79 Å². The van der Waals surface area contributed by atoms with Gasteiger partial charge < -0.3 is 23.3 Å². The van der Waals surface area contributed by atoms with Crippen molar-refractivity contribution in [2.45, 2.75) is 202 Å². The minimum Gasteiger partial charge on any atom is -0.346 e. The van der Waals surface area contributed by atoms with Crippen LogP contribution in [-0.4, -0.2) is 54.1 Å². The van der Waals surface area contributed by atoms with Crippen LogP contribution in [0.25, 0.3) is 0 Å². The number of hydrogen-bond donors (Lipinski definition) is 0. The van der Waals surface area contributed by atoms with Gasteiger partial charge in [0.15, 0.2) is 0 Å². The van der Waals surface area contributed by atoms with Crippen LogP contribution >= 0.6 is 8.30 Å². The van der Waals surface area contributed by atoms with Gasteiger partial charge in [-0.25, -0.2) is 0 Å². The predicted molar refractivity (Wildman–Crippen MR) is 209 cm³/mol. The van der Waals surface area contributed by atoms with Crippen molar-refractivity contribution in [3.63, 3.8) is 0 Å². The number of nitriles is 1. The molecule has 0 aromatic carbocycles. The summed E-state index contributed by atoms with van der Waals surface area (Å²) in [5.74, 6) is 1.99. The third-order valence-electron chi connectivity index (χ3n) is 9.14. The number of hydrogen-bond acceptors (Lipinski definition) is 4. The Kier molecular flexibility index (Phi) is 55.7. The van der Waals surface area contributed by atoms with Gasteiger partial charge in [0.25, 0.3) is 0 Å². The molecule has 0 aliphatic heterocycles. The molecule has 4 aliphatic carbocycles. The molecule has 4 aliphatic rings. The third-order valence-corrected chi connectivity index (χ3v) is 11.8. The van der Waals surface area contributed by atoms with E-state index in [1.807, 2.05) is 27.7 Å². The molecule has 0 amide bonds. The van der Waals surface area contributed by atoms with E-state index >= 15 is 0 Å². The largest absolute Gasteiger partial charge is 2.00 e. The monoisotopic (exact) mass is 961 g/mol. The van der Waals surface area contributed by atoms with Gasteiger partial charge >= 0.3 is 21.1 Å². The van der Waals surface area contributed by atoms with Crippen LogP contribution in [0.4, 0.5) is 0 Å². The van der Waals surface area contributed by atoms with Gasteiger partial charge in [-0.2, -0.15) is 11.7 Å². The molecule has 4 rings (SSSR count). The molecule has 1 atom stereocenters. The van der Waals surface area contributed by atoms with Gasteiger partial charge in [-0.05, 0) is 84.7 Å². The van der Waals surface area contributed by atoms with Crippen LogP contribution in [0.2, 0.25) is 0 Å². The maximum atomic E-state index is 8.60. The summed E-state index contributed by atoms with van der Waals surface area (Å²) in [6.45, 7) is 29.1. The predicted octanol–water partition coefficient (Wildman–Crippen LogP) is 13.4. The van der Waals surface area contributed by atoms with Crippen molar-refractivity contribution in [1.29, 1.82) is 5.26 Å². The zero-order chi connectivity index (χ0) is 34.8. The average molecular weight is 962 g/mol. The molecule has 296 valence electrons. The summed E-state index contributed by atoms with van der Waals surface area (Å²) in [6, 6.07) is 3.16. The van der Waals surface area contributed by atoms with E-state index in [9.17, 15) is 0 Å². The molecule has 4 fully saturated rings. The molecule has 0 bridgehead atoms. The fraction of sp³-hybridized carbons (Fsp3) is 0.927. The molecule has 49 heavy (non-hydrogen) atoms. The first-order valence-electron chi connectivity index (χ1n) is 20.3. The minimum absolute atomic E-state index is 0. The molecule has 1 unspecified atom stereocenters. The zero-order valence-corrected chi connectivity index (χ0v) is 40.0. The molecule has 0 N–H and O–H groups in total. The van der Waals surface area contributed by atoms with Crippen LogP contribution in [0.5, 0.6) is 0 Å². The van der Waals surface area contributed by atoms with Gasteiger partial charge in [-0.3, -0.25) is 4.67 Å². The van der Waals surface area contributed by atoms with E-state index in [2.05, 4.69) is 57.2 Å². The maximum Gasteiger partial charge on any atom is 2.00 e. The summed E-state index contributed by atoms with van der Waals surface area (Å²) in [5.41, 5.74) is 0. The Morgan fingerprint density at radius 3 is 1.29 bits per heavy atom. The smallest absolute Gasteiger partial charge is 0.346 e. The van der Waals surface area contributed by atoms with Crippen LogP contribution < -0.4 is 0 Å². The molecule has 4 nitrogen and oxygen atoms in total. The molecule has 0 aromatic heterocycles. The van der Waals surface area contributed by atoms with Gasteiger partial charge in [0.1, 0.15) is 8.30 Å². The van der Waals surface area contributed by atoms with Gasteiger partial charge in [0.05, 0.1) is 6.07 Å². The van der Waals surface area contributed by atoms with Gasteiger partial charge in [0.2, 0.25) is 0 Å². The van der Waals surface area contributed by atoms with Crippen molar-refractivity contribution in [1.82, 2.24) is 9.57 Å². The van der Waals surface area contributed by atoms with Gasteiger partial charge in [-0.1, -0.05) is 118 Å². The van der Waals surface area contributed by atoms with Crippen molar-refractivity contribution in [2.75, 3.05) is 32.4 Å². The Hall–Kier alpha value is 1.53. The molecule has 0 heterocycles. The van der Waals surface area contributed by atoms with E-state index < -0.39 is 8.30 Å². The van der Waals surface area contributed by atoms with E-state index in [1.54, 1.807) is 0 Å². The Balaban J connectivity index is -0.000000182. The quantitative estimate of drug-likeness (QED) is 0.0753. The van der Waals surface area contributed by atoms with E-state index in [0.29, 0.717) is 25.1 Å². The second-order valence-electron chi connectivity index (χ2n) is 13.7. The fourth-order valence-corrected chi connectivity index (χ4v) is 9.25. The summed E-state index contributed by atoms with van der Waals surface area (Å²) in [4.78, 5) is 2.62. The van der Waals surface area contributed by atoms with Gasteiger partial charge in [0, 0.05) is 65.4 Å². The number of rotatable bonds is 14. The normalized spacial score (nSPS) is 17.2. The topological polar surface area (TPSA) is 39.5 Å². The van der Waals surface area contributed by atoms with E-state index in [0.717, 1.165) is 37.4 Å². The van der Waals surface area contributed by atoms with E-state index in [1.165, 1.54) is 129 Å². The first-order chi connectivity index (χ1) is 22.4. The van der Waals surface area contributed by atoms with Crippen molar-refractivity contribution in [3.05, 3.63) is 13.8 Å². The summed E-state index contributed by atoms with van der Waals surface area (Å²) in [6.07, 6.45) is 30.1. The summed E-state index contributed by atoms with van der Waals surface area (Å²) >= 11 is 0. The van der Waals surface area contributed by atoms with Crippen LogP contribution in [-0.2, 0) is 59.7 Å². The molecule has 0 saturated heterocycles. The van der Waals surface area contributed by atoms with Crippen LogP contribution in [0, 0.1) is 37.0 Å². The SMILES string of the molecule is C1CCCC1.C1CCCC1.CC.CC.[CH2-]CCOP(CCCC#N)N(C(C)C)C(C)C.[CH2-]CN(CC1CCCC1)CC1CCCC1.[Fe].[Fe].[W+2]. The molecule has 4 saturated carbocycles. The fourth-order valence-electron chi connectivity index (χ4n) is 6.96. The minimum atomic E-state index is -0.578. The van der Waals surface area contributed by atoms with Crippen molar-refractivity contribution >= 4 is 8.30 Å². The van der Waals surface area contributed by atoms with Crippen LogP contribution in [0.3, 0.4) is 0 Å². The van der Waals surface area contributed by atoms with E-state index in [-0.39, 0.29) is 55.2 Å². The van der Waals surface area contributed by atoms with Gasteiger partial charge in [-0.15, -0.1) is 6.54 Å². The Bertz CT molecular complexity index is 586. The summed E-state index contributed by atoms with van der Waals surface area (Å²) < 4.78 is 8.37. The summed E-state index contributed by atoms with van der Waals surface area (Å²) in [5, 5.41) is 8.60. The molecular weight excluding hydrogens is 877 g/mol. The van der Waals surface area contributed by atoms with Crippen LogP contribution in [0.1, 0.15) is 190 Å². The van der Waals surface area contributed by atoms with Crippen molar-refractivity contribution in [3.8, 4) is 6.07 Å². The summed E-state index contributed by atoms with van der Waals surface area (Å²) in [7, 11) is -0.578. The van der Waals surface area contributed by atoms with Crippen molar-refractivity contribution in [2.24, 2.45) is 11.8 Å². The Morgan fingerprint density at radius 1 is 0.673 bits per heavy atom. The maximum absolute atomic E-state index is 8.60. The molecule has 0 aromatic rings. The first-order valence-corrected chi connectivity index (χ1v) is 21.7. The Labute approximate surface area is 347 Å². The number of nitrogens with zero attached hydrogens (tertiary/aromatic N) is 3. The second kappa shape index (κ2) is 45.7. The number of unbranched alkanes of at least 4 members (excludes halogenated alkanes) is 1.